The fraction of sp³-hybridized carbons (Fsp3) is 0.217. The first-order chi connectivity index (χ1) is 14.5. The van der Waals surface area contributed by atoms with E-state index in [1.54, 1.807) is 27.2 Å². The predicted octanol–water partition coefficient (Wildman–Crippen LogP) is 5.04. The number of aromatic nitrogens is 2. The summed E-state index contributed by atoms with van der Waals surface area (Å²) >= 11 is 0. The average molecular weight is 405 g/mol. The minimum absolute atomic E-state index is 0.165. The van der Waals surface area contributed by atoms with E-state index >= 15 is 0 Å². The molecule has 0 atom stereocenters. The Morgan fingerprint density at radius 2 is 1.93 bits per heavy atom. The third-order valence-corrected chi connectivity index (χ3v) is 4.72. The second kappa shape index (κ2) is 8.04. The van der Waals surface area contributed by atoms with Crippen molar-refractivity contribution in [3.63, 3.8) is 0 Å². The van der Waals surface area contributed by atoms with Gasteiger partial charge in [0.2, 0.25) is 5.88 Å². The standard InChI is InChI=1S/C23H23N3O4/c1-13(2)29-23(27)30-22-17(12-28-3)21-19(11-25-22)26-18-9-5-8-16(20(18)21)14-6-4-7-15(24)10-14/h4-11,13,26H,12,24H2,1-3H3. The minimum atomic E-state index is -0.801. The molecule has 2 heterocycles. The number of ether oxygens (including phenoxy) is 3. The molecule has 3 N–H and O–H groups in total. The summed E-state index contributed by atoms with van der Waals surface area (Å²) in [7, 11) is 1.59. The van der Waals surface area contributed by atoms with E-state index in [1.807, 2.05) is 42.5 Å². The van der Waals surface area contributed by atoms with Gasteiger partial charge in [0.1, 0.15) is 0 Å². The molecule has 0 unspecified atom stereocenters. The monoisotopic (exact) mass is 405 g/mol. The van der Waals surface area contributed by atoms with E-state index in [0.717, 1.165) is 32.9 Å². The summed E-state index contributed by atoms with van der Waals surface area (Å²) in [5, 5.41) is 1.86. The van der Waals surface area contributed by atoms with Crippen LogP contribution in [0.25, 0.3) is 32.9 Å². The lowest BCUT2D eigenvalue weighted by Gasteiger charge is -2.12. The van der Waals surface area contributed by atoms with Crippen molar-refractivity contribution in [2.45, 2.75) is 26.6 Å². The normalized spacial score (nSPS) is 11.3. The van der Waals surface area contributed by atoms with Gasteiger partial charge in [0.05, 0.1) is 30.0 Å². The van der Waals surface area contributed by atoms with Gasteiger partial charge in [0.25, 0.3) is 0 Å². The van der Waals surface area contributed by atoms with E-state index < -0.39 is 6.16 Å². The lowest BCUT2D eigenvalue weighted by molar-refractivity contribution is 0.0705. The number of pyridine rings is 1. The maximum atomic E-state index is 12.1. The van der Waals surface area contributed by atoms with Gasteiger partial charge in [0, 0.05) is 29.1 Å². The molecule has 2 aromatic carbocycles. The average Bonchev–Trinajstić information content (AvgIpc) is 3.08. The summed E-state index contributed by atoms with van der Waals surface area (Å²) in [5.41, 5.74) is 11.1. The van der Waals surface area contributed by atoms with Gasteiger partial charge < -0.3 is 24.9 Å². The Morgan fingerprint density at radius 3 is 2.67 bits per heavy atom. The Balaban J connectivity index is 1.96. The highest BCUT2D eigenvalue weighted by Crippen LogP contribution is 2.39. The number of methoxy groups -OCH3 is 1. The number of anilines is 1. The summed E-state index contributed by atoms with van der Waals surface area (Å²) in [5.74, 6) is 0.165. The van der Waals surface area contributed by atoms with Gasteiger partial charge in [0.15, 0.2) is 0 Å². The molecular formula is C23H23N3O4. The second-order valence-corrected chi connectivity index (χ2v) is 7.26. The molecule has 7 nitrogen and oxygen atoms in total. The SMILES string of the molecule is COCc1c(OC(=O)OC(C)C)ncc2[nH]c3cccc(-c4cccc(N)c4)c3c12. The van der Waals surface area contributed by atoms with Crippen molar-refractivity contribution < 1.29 is 19.0 Å². The van der Waals surface area contributed by atoms with Gasteiger partial charge in [-0.25, -0.2) is 9.78 Å². The van der Waals surface area contributed by atoms with Gasteiger partial charge in [-0.3, -0.25) is 0 Å². The van der Waals surface area contributed by atoms with Crippen LogP contribution in [0, 0.1) is 0 Å². The lowest BCUT2D eigenvalue weighted by atomic mass is 9.98. The van der Waals surface area contributed by atoms with E-state index in [-0.39, 0.29) is 18.6 Å². The number of nitrogen functional groups attached to an aromatic ring is 1. The fourth-order valence-electron chi connectivity index (χ4n) is 3.59. The van der Waals surface area contributed by atoms with Gasteiger partial charge in [-0.2, -0.15) is 0 Å². The second-order valence-electron chi connectivity index (χ2n) is 7.26. The third-order valence-electron chi connectivity index (χ3n) is 4.72. The summed E-state index contributed by atoms with van der Waals surface area (Å²) < 4.78 is 15.9. The number of carbonyl (C=O) groups excluding carboxylic acids is 1. The number of hydrogen-bond acceptors (Lipinski definition) is 6. The first-order valence-electron chi connectivity index (χ1n) is 9.63. The van der Waals surface area contributed by atoms with Crippen LogP contribution in [-0.4, -0.2) is 29.3 Å². The smallest absolute Gasteiger partial charge is 0.431 e. The Bertz CT molecular complexity index is 1230. The highest BCUT2D eigenvalue weighted by atomic mass is 16.7. The fourth-order valence-corrected chi connectivity index (χ4v) is 3.59. The van der Waals surface area contributed by atoms with Crippen molar-refractivity contribution in [1.82, 2.24) is 9.97 Å². The van der Waals surface area contributed by atoms with E-state index in [1.165, 1.54) is 0 Å². The van der Waals surface area contributed by atoms with Crippen LogP contribution in [-0.2, 0) is 16.1 Å². The molecule has 0 saturated heterocycles. The van der Waals surface area contributed by atoms with Crippen LogP contribution in [0.3, 0.4) is 0 Å². The number of nitrogens with one attached hydrogen (secondary N) is 1. The highest BCUT2D eigenvalue weighted by molar-refractivity contribution is 6.15. The number of fused-ring (bicyclic) bond motifs is 3. The lowest BCUT2D eigenvalue weighted by Crippen LogP contribution is -2.17. The largest absolute Gasteiger partial charge is 0.515 e. The number of nitrogens with two attached hydrogens (primary N) is 1. The van der Waals surface area contributed by atoms with Crippen LogP contribution >= 0.6 is 0 Å². The summed E-state index contributed by atoms with van der Waals surface area (Å²) in [6.07, 6.45) is 0.552. The first-order valence-corrected chi connectivity index (χ1v) is 9.63. The molecular weight excluding hydrogens is 382 g/mol. The van der Waals surface area contributed by atoms with E-state index in [9.17, 15) is 4.79 Å². The van der Waals surface area contributed by atoms with Gasteiger partial charge in [-0.05, 0) is 43.2 Å². The Kier molecular flexibility index (Phi) is 5.29. The molecule has 4 rings (SSSR count). The number of nitrogens with zero attached hydrogens (tertiary/aromatic N) is 1. The zero-order valence-electron chi connectivity index (χ0n) is 17.1. The number of benzene rings is 2. The van der Waals surface area contributed by atoms with Gasteiger partial charge >= 0.3 is 6.16 Å². The molecule has 30 heavy (non-hydrogen) atoms. The van der Waals surface area contributed by atoms with Crippen LogP contribution in [0.5, 0.6) is 5.88 Å². The van der Waals surface area contributed by atoms with Crippen LogP contribution in [0.15, 0.2) is 48.7 Å². The molecule has 0 fully saturated rings. The maximum absolute atomic E-state index is 12.1. The molecule has 0 spiro atoms. The molecule has 4 aromatic rings. The van der Waals surface area contributed by atoms with E-state index in [0.29, 0.717) is 11.3 Å². The summed E-state index contributed by atoms with van der Waals surface area (Å²) in [6, 6.07) is 13.7. The summed E-state index contributed by atoms with van der Waals surface area (Å²) in [4.78, 5) is 19.8. The van der Waals surface area contributed by atoms with Crippen molar-refractivity contribution in [2.75, 3.05) is 12.8 Å². The molecule has 0 aliphatic rings. The third kappa shape index (κ3) is 3.67. The first kappa shape index (κ1) is 19.7. The molecule has 0 aliphatic carbocycles. The van der Waals surface area contributed by atoms with Crippen LogP contribution < -0.4 is 10.5 Å². The number of aromatic amines is 1. The topological polar surface area (TPSA) is 99.5 Å². The van der Waals surface area contributed by atoms with Crippen molar-refractivity contribution in [2.24, 2.45) is 0 Å². The zero-order chi connectivity index (χ0) is 21.3. The van der Waals surface area contributed by atoms with Crippen LogP contribution in [0.2, 0.25) is 0 Å². The molecule has 0 radical (unpaired) electrons. The maximum Gasteiger partial charge on any atom is 0.515 e. The molecule has 0 amide bonds. The van der Waals surface area contributed by atoms with Gasteiger partial charge in [-0.1, -0.05) is 24.3 Å². The number of H-pyrrole nitrogens is 1. The highest BCUT2D eigenvalue weighted by Gasteiger charge is 2.20. The van der Waals surface area contributed by atoms with Gasteiger partial charge in [-0.15, -0.1) is 0 Å². The number of carbonyl (C=O) groups is 1. The van der Waals surface area contributed by atoms with E-state index in [4.69, 9.17) is 19.9 Å². The number of rotatable bonds is 5. The molecule has 154 valence electrons. The van der Waals surface area contributed by atoms with Crippen molar-refractivity contribution in [3.8, 4) is 17.0 Å². The zero-order valence-corrected chi connectivity index (χ0v) is 17.1. The number of hydrogen-bond donors (Lipinski definition) is 2. The van der Waals surface area contributed by atoms with E-state index in [2.05, 4.69) is 9.97 Å². The molecule has 0 bridgehead atoms. The minimum Gasteiger partial charge on any atom is -0.431 e. The molecule has 0 aliphatic heterocycles. The predicted molar refractivity (Wildman–Crippen MR) is 116 cm³/mol. The van der Waals surface area contributed by atoms with Crippen molar-refractivity contribution >= 4 is 33.6 Å². The van der Waals surface area contributed by atoms with Crippen LogP contribution in [0.4, 0.5) is 10.5 Å². The molecule has 7 heteroatoms. The van der Waals surface area contributed by atoms with Crippen molar-refractivity contribution in [3.05, 3.63) is 54.2 Å². The van der Waals surface area contributed by atoms with Crippen molar-refractivity contribution in [1.29, 1.82) is 0 Å². The summed E-state index contributed by atoms with van der Waals surface area (Å²) in [6.45, 7) is 3.73. The quantitative estimate of drug-likeness (QED) is 0.357. The Labute approximate surface area is 173 Å². The van der Waals surface area contributed by atoms with Crippen LogP contribution in [0.1, 0.15) is 19.4 Å². The molecule has 0 saturated carbocycles. The Hall–Kier alpha value is -3.58. The molecule has 2 aromatic heterocycles. The Morgan fingerprint density at radius 1 is 1.13 bits per heavy atom.